The standard InChI is InChI=1S/C39H67NO32/c1-8(46)40-15-21(53)16(48)10(3-42)63-35(15)71-32-23(55)18(50)13(6-45)66-39(32)72-33-24(56)19(51)12(5-44)65-38(33)70-30-20(52)14(7-62-36-25(57)22(54)17(49)11(4-43)64-36)67-37(28(30)60)69-31-26(58)29(9(47)2-41)68-34(61)27(31)59/h9-39,41-45,47-61H,2-7H2,1H3,(H,40,46)/t9-,10+,11+,12+,13+,14+,15+,16+,17-,18+,19-,20+,21+,22-,23-,24-,25+,26+,27-,28+,29+,30-,31-,32+,33+,34-,35+,36-,37+,38+,39+/m0/s1. The number of carbonyl (C=O) groups is 1. The maximum absolute atomic E-state index is 12.2. The first-order chi connectivity index (χ1) is 34.0. The summed E-state index contributed by atoms with van der Waals surface area (Å²) >= 11 is 0. The quantitative estimate of drug-likeness (QED) is 0.0606. The van der Waals surface area contributed by atoms with Gasteiger partial charge in [0, 0.05) is 6.92 Å². The van der Waals surface area contributed by atoms with Crippen LogP contribution in [0.4, 0.5) is 0 Å². The van der Waals surface area contributed by atoms with Crippen LogP contribution in [0, 0.1) is 0 Å². The minimum atomic E-state index is -2.38. The second kappa shape index (κ2) is 25.6. The molecule has 0 aromatic carbocycles. The molecular weight excluding hydrogens is 994 g/mol. The first kappa shape index (κ1) is 59.5. The van der Waals surface area contributed by atoms with Crippen molar-refractivity contribution in [2.75, 3.05) is 39.6 Å². The van der Waals surface area contributed by atoms with Gasteiger partial charge in [-0.2, -0.15) is 0 Å². The Hall–Kier alpha value is -1.77. The van der Waals surface area contributed by atoms with Crippen LogP contribution in [0.15, 0.2) is 0 Å². The van der Waals surface area contributed by atoms with E-state index in [1.807, 2.05) is 0 Å². The van der Waals surface area contributed by atoms with Crippen LogP contribution in [0.25, 0.3) is 0 Å². The molecule has 0 bridgehead atoms. The maximum Gasteiger partial charge on any atom is 0.217 e. The van der Waals surface area contributed by atoms with Gasteiger partial charge in [0.2, 0.25) is 5.91 Å². The first-order valence-corrected chi connectivity index (χ1v) is 22.7. The van der Waals surface area contributed by atoms with E-state index >= 15 is 0 Å². The third-order valence-electron chi connectivity index (χ3n) is 13.1. The summed E-state index contributed by atoms with van der Waals surface area (Å²) in [4.78, 5) is 12.2. The zero-order valence-electron chi connectivity index (χ0n) is 38.0. The van der Waals surface area contributed by atoms with Crippen LogP contribution in [0.2, 0.25) is 0 Å². The fourth-order valence-corrected chi connectivity index (χ4v) is 8.99. The van der Waals surface area contributed by atoms with E-state index < -0.39 is 236 Å². The molecule has 0 unspecified atom stereocenters. The van der Waals surface area contributed by atoms with Crippen LogP contribution < -0.4 is 5.32 Å². The van der Waals surface area contributed by atoms with Crippen LogP contribution in [0.1, 0.15) is 6.92 Å². The third kappa shape index (κ3) is 12.5. The summed E-state index contributed by atoms with van der Waals surface area (Å²) in [5.74, 6) is -0.801. The third-order valence-corrected chi connectivity index (χ3v) is 13.1. The number of aliphatic hydroxyl groups excluding tert-OH is 20. The van der Waals surface area contributed by atoms with Gasteiger partial charge in [-0.05, 0) is 0 Å². The Bertz CT molecular complexity index is 1680. The Morgan fingerprint density at radius 2 is 0.847 bits per heavy atom. The lowest BCUT2D eigenvalue weighted by Crippen LogP contribution is -2.69. The summed E-state index contributed by atoms with van der Waals surface area (Å²) < 4.78 is 62.4. The highest BCUT2D eigenvalue weighted by atomic mass is 16.8. The first-order valence-electron chi connectivity index (χ1n) is 22.7. The lowest BCUT2D eigenvalue weighted by Gasteiger charge is -2.50. The van der Waals surface area contributed by atoms with Crippen molar-refractivity contribution >= 4 is 5.91 Å². The highest BCUT2D eigenvalue weighted by Gasteiger charge is 2.58. The van der Waals surface area contributed by atoms with Gasteiger partial charge in [0.25, 0.3) is 0 Å². The molecule has 0 radical (unpaired) electrons. The van der Waals surface area contributed by atoms with Gasteiger partial charge in [-0.25, -0.2) is 0 Å². The molecule has 33 heteroatoms. The lowest BCUT2D eigenvalue weighted by atomic mass is 9.94. The maximum atomic E-state index is 12.2. The summed E-state index contributed by atoms with van der Waals surface area (Å²) in [6.07, 6.45) is -60.6. The van der Waals surface area contributed by atoms with Gasteiger partial charge >= 0.3 is 0 Å². The van der Waals surface area contributed by atoms with Crippen molar-refractivity contribution in [1.29, 1.82) is 0 Å². The van der Waals surface area contributed by atoms with E-state index in [9.17, 15) is 107 Å². The number of ether oxygens (including phenoxy) is 11. The van der Waals surface area contributed by atoms with Gasteiger partial charge in [-0.15, -0.1) is 0 Å². The number of hydrogen-bond donors (Lipinski definition) is 21. The molecule has 6 rings (SSSR count). The number of nitrogens with one attached hydrogen (secondary N) is 1. The fraction of sp³-hybridized carbons (Fsp3) is 0.974. The molecule has 6 heterocycles. The molecule has 6 saturated heterocycles. The Balaban J connectivity index is 1.33. The molecule has 0 aromatic heterocycles. The molecular formula is C39H67NO32. The van der Waals surface area contributed by atoms with E-state index in [1.54, 1.807) is 0 Å². The smallest absolute Gasteiger partial charge is 0.217 e. The average molecular weight is 1060 g/mol. The van der Waals surface area contributed by atoms with E-state index in [1.165, 1.54) is 0 Å². The van der Waals surface area contributed by atoms with Crippen molar-refractivity contribution in [2.24, 2.45) is 0 Å². The Kier molecular flexibility index (Phi) is 21.1. The minimum Gasteiger partial charge on any atom is -0.394 e. The minimum absolute atomic E-state index is 0.801. The second-order valence-corrected chi connectivity index (χ2v) is 18.0. The van der Waals surface area contributed by atoms with Crippen LogP contribution in [0.3, 0.4) is 0 Å². The van der Waals surface area contributed by atoms with E-state index in [0.717, 1.165) is 6.92 Å². The van der Waals surface area contributed by atoms with E-state index in [0.29, 0.717) is 0 Å². The van der Waals surface area contributed by atoms with Crippen molar-refractivity contribution in [3.05, 3.63) is 0 Å². The van der Waals surface area contributed by atoms with Crippen LogP contribution >= 0.6 is 0 Å². The predicted molar refractivity (Wildman–Crippen MR) is 217 cm³/mol. The van der Waals surface area contributed by atoms with Crippen molar-refractivity contribution in [3.63, 3.8) is 0 Å². The zero-order valence-corrected chi connectivity index (χ0v) is 38.0. The summed E-state index contributed by atoms with van der Waals surface area (Å²) in [6, 6.07) is -1.67. The molecule has 420 valence electrons. The van der Waals surface area contributed by atoms with E-state index in [4.69, 9.17) is 52.1 Å². The van der Waals surface area contributed by atoms with Crippen molar-refractivity contribution in [2.45, 2.75) is 197 Å². The summed E-state index contributed by atoms with van der Waals surface area (Å²) in [5, 5.41) is 215. The number of hydrogen-bond acceptors (Lipinski definition) is 32. The van der Waals surface area contributed by atoms with Gasteiger partial charge < -0.3 is 160 Å². The highest BCUT2D eigenvalue weighted by Crippen LogP contribution is 2.37. The Labute approximate surface area is 406 Å². The SMILES string of the molecule is CC(=O)N[C@H]1[C@@H](O[C@H]2[C@@H](O[C@H]3[C@@H](O[C@@H]4[C@@H](O)[C@@H](O[C@H]5[C@H](O)[C@@H]([C@@H](O)CO)O[C@H](O)[C@H]5O)O[C@H](CO[C@H]5O[C@H](CO)[C@H](O)[C@H](O)[C@H]5O)[C@H]4O)O[C@H](CO)[C@H](O)[C@@H]3O)O[C@H](CO)[C@@H](O)[C@@H]2O)O[C@H](CO)[C@@H](O)[C@@H]1O. The van der Waals surface area contributed by atoms with Gasteiger partial charge in [0.15, 0.2) is 37.7 Å². The molecule has 0 spiro atoms. The summed E-state index contributed by atoms with van der Waals surface area (Å²) in [7, 11) is 0. The topological polar surface area (TPSA) is 535 Å². The normalized spacial score (nSPS) is 50.8. The molecule has 0 aromatic rings. The molecule has 33 nitrogen and oxygen atoms in total. The molecule has 6 aliphatic heterocycles. The van der Waals surface area contributed by atoms with Crippen LogP contribution in [-0.2, 0) is 56.9 Å². The second-order valence-electron chi connectivity index (χ2n) is 18.0. The molecule has 72 heavy (non-hydrogen) atoms. The van der Waals surface area contributed by atoms with Crippen molar-refractivity contribution in [1.82, 2.24) is 5.32 Å². The van der Waals surface area contributed by atoms with Gasteiger partial charge in [0.1, 0.15) is 153 Å². The molecule has 31 atom stereocenters. The van der Waals surface area contributed by atoms with Crippen LogP contribution in [0.5, 0.6) is 0 Å². The van der Waals surface area contributed by atoms with Crippen molar-refractivity contribution < 1.29 is 159 Å². The van der Waals surface area contributed by atoms with Crippen LogP contribution in [-0.4, -0.2) is 338 Å². The number of rotatable bonds is 18. The van der Waals surface area contributed by atoms with Crippen molar-refractivity contribution in [3.8, 4) is 0 Å². The van der Waals surface area contributed by atoms with Gasteiger partial charge in [0.05, 0.1) is 39.6 Å². The van der Waals surface area contributed by atoms with E-state index in [-0.39, 0.29) is 0 Å². The average Bonchev–Trinajstić information content (AvgIpc) is 3.35. The molecule has 6 fully saturated rings. The summed E-state index contributed by atoms with van der Waals surface area (Å²) in [6.45, 7) is -4.90. The lowest BCUT2D eigenvalue weighted by molar-refractivity contribution is -0.405. The number of carbonyl (C=O) groups excluding carboxylic acids is 1. The van der Waals surface area contributed by atoms with Gasteiger partial charge in [-0.1, -0.05) is 0 Å². The summed E-state index contributed by atoms with van der Waals surface area (Å²) in [5.41, 5.74) is 0. The zero-order chi connectivity index (χ0) is 53.2. The highest BCUT2D eigenvalue weighted by molar-refractivity contribution is 5.73. The van der Waals surface area contributed by atoms with Gasteiger partial charge in [-0.3, -0.25) is 4.79 Å². The molecule has 0 aliphatic carbocycles. The number of amides is 1. The molecule has 0 saturated carbocycles. The fourth-order valence-electron chi connectivity index (χ4n) is 8.99. The Morgan fingerprint density at radius 3 is 1.35 bits per heavy atom. The largest absolute Gasteiger partial charge is 0.394 e. The molecule has 6 aliphatic rings. The molecule has 21 N–H and O–H groups in total. The Morgan fingerprint density at radius 1 is 0.431 bits per heavy atom. The molecule has 1 amide bonds. The number of aliphatic hydroxyl groups is 20. The monoisotopic (exact) mass is 1060 g/mol. The predicted octanol–water partition coefficient (Wildman–Crippen LogP) is -14.6. The van der Waals surface area contributed by atoms with E-state index in [2.05, 4.69) is 5.32 Å².